The molecule has 1 atom stereocenters. The predicted octanol–water partition coefficient (Wildman–Crippen LogP) is 2.67. The molecule has 0 radical (unpaired) electrons. The van der Waals surface area contributed by atoms with E-state index in [2.05, 4.69) is 27.6 Å². The zero-order chi connectivity index (χ0) is 17.1. The molecule has 1 aromatic rings. The average Bonchev–Trinajstić information content (AvgIpc) is 2.91. The summed E-state index contributed by atoms with van der Waals surface area (Å²) in [6.07, 6.45) is 3.92. The molecule has 0 aromatic heterocycles. The summed E-state index contributed by atoms with van der Waals surface area (Å²) in [5.74, 6) is 3.90. The van der Waals surface area contributed by atoms with E-state index in [1.54, 1.807) is 0 Å². The van der Waals surface area contributed by atoms with Crippen molar-refractivity contribution in [3.63, 3.8) is 0 Å². The van der Waals surface area contributed by atoms with Crippen LogP contribution in [0.15, 0.2) is 24.3 Å². The van der Waals surface area contributed by atoms with Crippen LogP contribution in [-0.4, -0.2) is 66.0 Å². The minimum atomic E-state index is 0.0755. The van der Waals surface area contributed by atoms with E-state index in [1.165, 1.54) is 30.2 Å². The number of thioether (sulfide) groups is 1. The minimum absolute atomic E-state index is 0.0755. The molecule has 1 aromatic carbocycles. The molecule has 2 saturated heterocycles. The van der Waals surface area contributed by atoms with Gasteiger partial charge in [0, 0.05) is 49.6 Å². The summed E-state index contributed by atoms with van der Waals surface area (Å²) in [7, 11) is 0. The van der Waals surface area contributed by atoms with Crippen molar-refractivity contribution in [3.05, 3.63) is 29.8 Å². The first-order valence-corrected chi connectivity index (χ1v) is 10.8. The van der Waals surface area contributed by atoms with E-state index in [-0.39, 0.29) is 5.92 Å². The highest BCUT2D eigenvalue weighted by molar-refractivity contribution is 7.99. The number of carbonyl (C=O) groups excluding carboxylic acids is 1. The van der Waals surface area contributed by atoms with Crippen molar-refractivity contribution >= 4 is 17.7 Å². The lowest BCUT2D eigenvalue weighted by atomic mass is 9.94. The van der Waals surface area contributed by atoms with Gasteiger partial charge in [-0.25, -0.2) is 0 Å². The second kappa shape index (κ2) is 8.00. The molecule has 0 spiro atoms. The Bertz CT molecular complexity index is 595. The Morgan fingerprint density at radius 1 is 1.04 bits per heavy atom. The summed E-state index contributed by atoms with van der Waals surface area (Å²) in [5, 5.41) is 0. The second-order valence-corrected chi connectivity index (χ2v) is 8.58. The number of rotatable bonds is 2. The highest BCUT2D eigenvalue weighted by atomic mass is 32.2. The van der Waals surface area contributed by atoms with Gasteiger partial charge in [0.25, 0.3) is 0 Å². The van der Waals surface area contributed by atoms with Crippen molar-refractivity contribution in [3.8, 4) is 5.75 Å². The fraction of sp³-hybridized carbons (Fsp3) is 0.650. The summed E-state index contributed by atoms with van der Waals surface area (Å²) in [4.78, 5) is 17.8. The van der Waals surface area contributed by atoms with Gasteiger partial charge in [0.05, 0.1) is 6.61 Å². The number of para-hydroxylation sites is 1. The van der Waals surface area contributed by atoms with E-state index in [4.69, 9.17) is 4.74 Å². The van der Waals surface area contributed by atoms with Crippen LogP contribution in [0.25, 0.3) is 0 Å². The molecule has 136 valence electrons. The van der Waals surface area contributed by atoms with Crippen LogP contribution >= 0.6 is 11.8 Å². The maximum absolute atomic E-state index is 13.1. The van der Waals surface area contributed by atoms with Gasteiger partial charge in [0.1, 0.15) is 5.75 Å². The topological polar surface area (TPSA) is 32.8 Å². The van der Waals surface area contributed by atoms with Gasteiger partial charge in [-0.15, -0.1) is 0 Å². The standard InChI is InChI=1S/C20H28N2O2S/c23-20(17-7-12-24-19-4-2-1-3-16(19)15-17)22-8-5-18(6-9-22)21-10-13-25-14-11-21/h1-4,17-18H,5-15H2. The molecule has 0 bridgehead atoms. The lowest BCUT2D eigenvalue weighted by Gasteiger charge is -2.40. The largest absolute Gasteiger partial charge is 0.493 e. The van der Waals surface area contributed by atoms with E-state index in [9.17, 15) is 4.79 Å². The lowest BCUT2D eigenvalue weighted by Crippen LogP contribution is -2.50. The number of nitrogens with zero attached hydrogens (tertiary/aromatic N) is 2. The fourth-order valence-corrected chi connectivity index (χ4v) is 5.29. The second-order valence-electron chi connectivity index (χ2n) is 7.35. The molecule has 4 nitrogen and oxygen atoms in total. The molecular formula is C20H28N2O2S. The van der Waals surface area contributed by atoms with Gasteiger partial charge < -0.3 is 9.64 Å². The smallest absolute Gasteiger partial charge is 0.226 e. The van der Waals surface area contributed by atoms with Crippen LogP contribution < -0.4 is 4.74 Å². The van der Waals surface area contributed by atoms with Crippen LogP contribution in [0, 0.1) is 5.92 Å². The van der Waals surface area contributed by atoms with Crippen LogP contribution in [0.4, 0.5) is 0 Å². The molecule has 0 N–H and O–H groups in total. The molecular weight excluding hydrogens is 332 g/mol. The zero-order valence-electron chi connectivity index (χ0n) is 14.9. The number of ether oxygens (including phenoxy) is 1. The van der Waals surface area contributed by atoms with Crippen LogP contribution in [0.5, 0.6) is 5.75 Å². The number of likely N-dealkylation sites (tertiary alicyclic amines) is 1. The van der Waals surface area contributed by atoms with E-state index in [1.807, 2.05) is 18.2 Å². The van der Waals surface area contributed by atoms with Crippen LogP contribution in [-0.2, 0) is 11.2 Å². The number of piperidine rings is 1. The summed E-state index contributed by atoms with van der Waals surface area (Å²) in [6.45, 7) is 4.94. The molecule has 1 unspecified atom stereocenters. The number of hydrogen-bond donors (Lipinski definition) is 0. The van der Waals surface area contributed by atoms with Gasteiger partial charge in [-0.3, -0.25) is 9.69 Å². The van der Waals surface area contributed by atoms with Crippen molar-refractivity contribution < 1.29 is 9.53 Å². The lowest BCUT2D eigenvalue weighted by molar-refractivity contribution is -0.137. The Morgan fingerprint density at radius 3 is 2.60 bits per heavy atom. The molecule has 2 fully saturated rings. The molecule has 25 heavy (non-hydrogen) atoms. The summed E-state index contributed by atoms with van der Waals surface area (Å²) in [5.41, 5.74) is 1.18. The minimum Gasteiger partial charge on any atom is -0.493 e. The molecule has 5 heteroatoms. The van der Waals surface area contributed by atoms with Crippen molar-refractivity contribution in [1.29, 1.82) is 0 Å². The Kier molecular flexibility index (Phi) is 5.51. The summed E-state index contributed by atoms with van der Waals surface area (Å²) >= 11 is 2.07. The van der Waals surface area contributed by atoms with Gasteiger partial charge in [-0.05, 0) is 37.3 Å². The molecule has 4 rings (SSSR count). The third kappa shape index (κ3) is 3.98. The quantitative estimate of drug-likeness (QED) is 0.812. The first-order chi connectivity index (χ1) is 12.3. The van der Waals surface area contributed by atoms with Gasteiger partial charge in [-0.2, -0.15) is 11.8 Å². The number of amides is 1. The summed E-state index contributed by atoms with van der Waals surface area (Å²) < 4.78 is 5.83. The number of hydrogen-bond acceptors (Lipinski definition) is 4. The third-order valence-electron chi connectivity index (χ3n) is 5.85. The monoisotopic (exact) mass is 360 g/mol. The highest BCUT2D eigenvalue weighted by Crippen LogP contribution is 2.29. The Hall–Kier alpha value is -1.20. The molecule has 0 saturated carbocycles. The van der Waals surface area contributed by atoms with Crippen molar-refractivity contribution in [2.24, 2.45) is 5.92 Å². The molecule has 3 aliphatic heterocycles. The maximum atomic E-state index is 13.1. The van der Waals surface area contributed by atoms with Crippen LogP contribution in [0.2, 0.25) is 0 Å². The van der Waals surface area contributed by atoms with Crippen LogP contribution in [0.3, 0.4) is 0 Å². The fourth-order valence-electron chi connectivity index (χ4n) is 4.35. The molecule has 3 aliphatic rings. The van der Waals surface area contributed by atoms with Gasteiger partial charge >= 0.3 is 0 Å². The first-order valence-electron chi connectivity index (χ1n) is 9.62. The van der Waals surface area contributed by atoms with E-state index >= 15 is 0 Å². The molecule has 0 aliphatic carbocycles. The SMILES string of the molecule is O=C(C1CCOc2ccccc2C1)N1CCC(N2CCSCC2)CC1. The van der Waals surface area contributed by atoms with Gasteiger partial charge in [0.2, 0.25) is 5.91 Å². The van der Waals surface area contributed by atoms with Gasteiger partial charge in [-0.1, -0.05) is 18.2 Å². The normalized spacial score (nSPS) is 25.8. The molecule has 3 heterocycles. The van der Waals surface area contributed by atoms with Crippen molar-refractivity contribution in [1.82, 2.24) is 9.80 Å². The Balaban J connectivity index is 1.34. The Labute approximate surface area is 154 Å². The van der Waals surface area contributed by atoms with E-state index < -0.39 is 0 Å². The third-order valence-corrected chi connectivity index (χ3v) is 6.79. The number of fused-ring (bicyclic) bond motifs is 1. The number of carbonyl (C=O) groups is 1. The first kappa shape index (κ1) is 17.2. The van der Waals surface area contributed by atoms with Crippen LogP contribution in [0.1, 0.15) is 24.8 Å². The zero-order valence-corrected chi connectivity index (χ0v) is 15.7. The molecule has 1 amide bonds. The maximum Gasteiger partial charge on any atom is 0.226 e. The predicted molar refractivity (Wildman–Crippen MR) is 102 cm³/mol. The Morgan fingerprint density at radius 2 is 1.80 bits per heavy atom. The van der Waals surface area contributed by atoms with E-state index in [0.29, 0.717) is 18.6 Å². The average molecular weight is 361 g/mol. The summed E-state index contributed by atoms with van der Waals surface area (Å²) in [6, 6.07) is 8.84. The van der Waals surface area contributed by atoms with Gasteiger partial charge in [0.15, 0.2) is 0 Å². The highest BCUT2D eigenvalue weighted by Gasteiger charge is 2.32. The van der Waals surface area contributed by atoms with Crippen molar-refractivity contribution in [2.75, 3.05) is 44.3 Å². The van der Waals surface area contributed by atoms with Crippen molar-refractivity contribution in [2.45, 2.75) is 31.7 Å². The number of benzene rings is 1. The van der Waals surface area contributed by atoms with E-state index in [0.717, 1.165) is 44.5 Å².